The third-order valence-electron chi connectivity index (χ3n) is 1.97. The Hall–Kier alpha value is -0.900. The van der Waals surface area contributed by atoms with E-state index in [4.69, 9.17) is 0 Å². The number of hydrogen-bond donors (Lipinski definition) is 0. The van der Waals surface area contributed by atoms with Crippen molar-refractivity contribution in [3.05, 3.63) is 12.3 Å². The summed E-state index contributed by atoms with van der Waals surface area (Å²) in [7, 11) is 2.04. The van der Waals surface area contributed by atoms with Gasteiger partial charge in [0.25, 0.3) is 0 Å². The van der Waals surface area contributed by atoms with E-state index in [0.717, 1.165) is 25.1 Å². The zero-order chi connectivity index (χ0) is 10.3. The Labute approximate surface area is 82.8 Å². The van der Waals surface area contributed by atoms with Gasteiger partial charge < -0.3 is 4.90 Å². The highest BCUT2D eigenvalue weighted by molar-refractivity contribution is 5.05. The minimum absolute atomic E-state index is 0.512. The molecule has 0 aliphatic carbocycles. The molecule has 0 aliphatic rings. The zero-order valence-electron chi connectivity index (χ0n) is 9.35. The summed E-state index contributed by atoms with van der Waals surface area (Å²) in [6.07, 6.45) is 2.14. The van der Waals surface area contributed by atoms with Crippen LogP contribution in [-0.4, -0.2) is 18.5 Å². The van der Waals surface area contributed by atoms with Gasteiger partial charge in [0.2, 0.25) is 0 Å². The molecule has 0 aromatic rings. The Morgan fingerprint density at radius 1 is 1.38 bits per heavy atom. The zero-order valence-corrected chi connectivity index (χ0v) is 9.35. The fourth-order valence-corrected chi connectivity index (χ4v) is 0.930. The average molecular weight is 179 g/mol. The van der Waals surface area contributed by atoms with E-state index in [0.29, 0.717) is 5.92 Å². The van der Waals surface area contributed by atoms with E-state index in [9.17, 15) is 0 Å². The van der Waals surface area contributed by atoms with E-state index in [-0.39, 0.29) is 0 Å². The van der Waals surface area contributed by atoms with Gasteiger partial charge in [-0.2, -0.15) is 0 Å². The van der Waals surface area contributed by atoms with Crippen LogP contribution < -0.4 is 0 Å². The molecule has 0 heterocycles. The maximum Gasteiger partial charge on any atom is 0.0788 e. The lowest BCUT2D eigenvalue weighted by Gasteiger charge is -2.21. The van der Waals surface area contributed by atoms with Crippen LogP contribution >= 0.6 is 0 Å². The van der Waals surface area contributed by atoms with Crippen LogP contribution in [0.15, 0.2) is 12.3 Å². The van der Waals surface area contributed by atoms with Gasteiger partial charge in [-0.05, 0) is 12.3 Å². The molecule has 74 valence electrons. The van der Waals surface area contributed by atoms with Crippen molar-refractivity contribution in [2.75, 3.05) is 13.6 Å². The summed E-state index contributed by atoms with van der Waals surface area (Å²) in [5.41, 5.74) is 1.16. The fraction of sp³-hybridized carbons (Fsp3) is 0.667. The molecule has 0 N–H and O–H groups in total. The smallest absolute Gasteiger partial charge is 0.0788 e. The van der Waals surface area contributed by atoms with Gasteiger partial charge in [-0.15, -0.1) is 5.92 Å². The highest BCUT2D eigenvalue weighted by Crippen LogP contribution is 2.09. The van der Waals surface area contributed by atoms with Crippen LogP contribution in [-0.2, 0) is 0 Å². The summed E-state index contributed by atoms with van der Waals surface area (Å²) in [5.74, 6) is 6.78. The number of rotatable bonds is 4. The maximum atomic E-state index is 4.01. The van der Waals surface area contributed by atoms with E-state index in [1.807, 2.05) is 7.05 Å². The summed E-state index contributed by atoms with van der Waals surface area (Å²) >= 11 is 0. The van der Waals surface area contributed by atoms with Gasteiger partial charge in [-0.1, -0.05) is 33.3 Å². The third kappa shape index (κ3) is 5.36. The fourth-order valence-electron chi connectivity index (χ4n) is 0.930. The lowest BCUT2D eigenvalue weighted by molar-refractivity contribution is 0.418. The van der Waals surface area contributed by atoms with Crippen LogP contribution in [0.1, 0.15) is 33.6 Å². The van der Waals surface area contributed by atoms with Gasteiger partial charge >= 0.3 is 0 Å². The largest absolute Gasteiger partial charge is 0.367 e. The Balaban J connectivity index is 3.82. The van der Waals surface area contributed by atoms with E-state index < -0.39 is 0 Å². The maximum absolute atomic E-state index is 4.01. The van der Waals surface area contributed by atoms with Crippen LogP contribution in [0.3, 0.4) is 0 Å². The van der Waals surface area contributed by atoms with Gasteiger partial charge in [0, 0.05) is 19.2 Å². The van der Waals surface area contributed by atoms with E-state index in [1.54, 1.807) is 0 Å². The van der Waals surface area contributed by atoms with Gasteiger partial charge in [0.1, 0.15) is 0 Å². The Morgan fingerprint density at radius 2 is 2.00 bits per heavy atom. The molecule has 0 saturated carbocycles. The van der Waals surface area contributed by atoms with E-state index in [1.165, 1.54) is 0 Å². The first kappa shape index (κ1) is 12.1. The molecule has 0 aromatic carbocycles. The molecule has 0 radical (unpaired) electrons. The predicted molar refractivity (Wildman–Crippen MR) is 59.3 cm³/mol. The summed E-state index contributed by atoms with van der Waals surface area (Å²) < 4.78 is 0. The molecule has 0 aromatic heterocycles. The van der Waals surface area contributed by atoms with Crippen molar-refractivity contribution in [2.24, 2.45) is 5.92 Å². The van der Waals surface area contributed by atoms with E-state index in [2.05, 4.69) is 44.1 Å². The molecule has 0 atom stereocenters. The van der Waals surface area contributed by atoms with Gasteiger partial charge in [0.05, 0.1) is 6.54 Å². The minimum Gasteiger partial charge on any atom is -0.367 e. The van der Waals surface area contributed by atoms with Crippen LogP contribution in [0.25, 0.3) is 0 Å². The summed E-state index contributed by atoms with van der Waals surface area (Å²) in [4.78, 5) is 2.12. The lowest BCUT2D eigenvalue weighted by Crippen LogP contribution is -2.20. The second-order valence-electron chi connectivity index (χ2n) is 3.61. The standard InChI is InChI=1S/C12H21N/c1-6-7-8-9-10-13(5)12(4)11(2)3/h11H,4,6-7,10H2,1-3,5H3. The molecule has 0 rings (SSSR count). The normalized spacial score (nSPS) is 9.31. The predicted octanol–water partition coefficient (Wildman–Crippen LogP) is 2.89. The van der Waals surface area contributed by atoms with Crippen LogP contribution in [0.5, 0.6) is 0 Å². The summed E-state index contributed by atoms with van der Waals surface area (Å²) in [6, 6.07) is 0. The molecule has 0 unspecified atom stereocenters. The summed E-state index contributed by atoms with van der Waals surface area (Å²) in [5, 5.41) is 0. The third-order valence-corrected chi connectivity index (χ3v) is 1.97. The summed E-state index contributed by atoms with van der Waals surface area (Å²) in [6.45, 7) is 11.3. The molecule has 0 amide bonds. The van der Waals surface area contributed by atoms with Crippen LogP contribution in [0.4, 0.5) is 0 Å². The van der Waals surface area contributed by atoms with Crippen molar-refractivity contribution in [1.82, 2.24) is 4.90 Å². The monoisotopic (exact) mass is 179 g/mol. The quantitative estimate of drug-likeness (QED) is 0.600. The number of hydrogen-bond acceptors (Lipinski definition) is 1. The van der Waals surface area contributed by atoms with Crippen LogP contribution in [0.2, 0.25) is 0 Å². The van der Waals surface area contributed by atoms with Crippen LogP contribution in [0, 0.1) is 17.8 Å². The first-order valence-electron chi connectivity index (χ1n) is 4.95. The van der Waals surface area contributed by atoms with Crippen molar-refractivity contribution in [3.8, 4) is 11.8 Å². The van der Waals surface area contributed by atoms with Crippen molar-refractivity contribution in [1.29, 1.82) is 0 Å². The molecule has 0 spiro atoms. The Kier molecular flexibility index (Phi) is 6.14. The molecule has 13 heavy (non-hydrogen) atoms. The molecule has 1 nitrogen and oxygen atoms in total. The average Bonchev–Trinajstić information content (AvgIpc) is 2.10. The Bertz CT molecular complexity index is 205. The molecule has 0 aliphatic heterocycles. The molecule has 0 fully saturated rings. The first-order chi connectivity index (χ1) is 6.09. The topological polar surface area (TPSA) is 3.24 Å². The Morgan fingerprint density at radius 3 is 2.46 bits per heavy atom. The van der Waals surface area contributed by atoms with Crippen molar-refractivity contribution >= 4 is 0 Å². The molecular formula is C12H21N. The molecule has 1 heteroatoms. The van der Waals surface area contributed by atoms with Crippen molar-refractivity contribution in [2.45, 2.75) is 33.6 Å². The van der Waals surface area contributed by atoms with Gasteiger partial charge in [-0.3, -0.25) is 0 Å². The minimum atomic E-state index is 0.512. The molecular weight excluding hydrogens is 158 g/mol. The highest BCUT2D eigenvalue weighted by Gasteiger charge is 2.03. The molecule has 0 saturated heterocycles. The second-order valence-corrected chi connectivity index (χ2v) is 3.61. The molecule has 0 bridgehead atoms. The highest BCUT2D eigenvalue weighted by atomic mass is 15.1. The first-order valence-corrected chi connectivity index (χ1v) is 4.95. The van der Waals surface area contributed by atoms with Crippen molar-refractivity contribution in [3.63, 3.8) is 0 Å². The SMILES string of the molecule is C=C(C(C)C)N(C)CC#CCCC. The van der Waals surface area contributed by atoms with E-state index >= 15 is 0 Å². The number of nitrogens with zero attached hydrogens (tertiary/aromatic N) is 1. The van der Waals surface area contributed by atoms with Gasteiger partial charge in [0.15, 0.2) is 0 Å². The second kappa shape index (κ2) is 6.60. The number of unbranched alkanes of at least 4 members (excludes halogenated alkanes) is 1. The number of allylic oxidation sites excluding steroid dienone is 1. The lowest BCUT2D eigenvalue weighted by atomic mass is 10.1. The van der Waals surface area contributed by atoms with Crippen molar-refractivity contribution < 1.29 is 0 Å². The van der Waals surface area contributed by atoms with Gasteiger partial charge in [-0.25, -0.2) is 0 Å².